The normalized spacial score (nSPS) is 23.4. The van der Waals surface area contributed by atoms with Crippen LogP contribution in [0.25, 0.3) is 0 Å². The molecule has 0 bridgehead atoms. The van der Waals surface area contributed by atoms with Crippen molar-refractivity contribution in [3.05, 3.63) is 0 Å². The molecule has 0 aliphatic carbocycles. The molecule has 0 heterocycles. The Labute approximate surface area is 83.3 Å². The molecule has 6 nitrogen and oxygen atoms in total. The van der Waals surface area contributed by atoms with Gasteiger partial charge in [-0.2, -0.15) is 0 Å². The second kappa shape index (κ2) is 5.89. The molecule has 0 saturated heterocycles. The van der Waals surface area contributed by atoms with Crippen molar-refractivity contribution in [3.63, 3.8) is 0 Å². The molecule has 13 heavy (non-hydrogen) atoms. The van der Waals surface area contributed by atoms with Crippen LogP contribution in [0.4, 0.5) is 0 Å². The molecular weight excluding hydrogens is 232 g/mol. The van der Waals surface area contributed by atoms with Crippen molar-refractivity contribution in [1.29, 1.82) is 0 Å². The SMILES string of the molecule is OC[C@@H](O)[C@@H](O)[C@H](O)[C@@H](O)[CH](O)[Cu]. The van der Waals surface area contributed by atoms with Gasteiger partial charge in [-0.3, -0.25) is 0 Å². The molecule has 0 rings (SSSR count). The minimum absolute atomic E-state index is 0.767. The molecule has 0 aromatic heterocycles. The fourth-order valence-corrected chi connectivity index (χ4v) is 0.871. The molecule has 0 saturated carbocycles. The third-order valence-corrected chi connectivity index (χ3v) is 1.86. The molecular formula is C6H13CuO6. The Morgan fingerprint density at radius 2 is 1.31 bits per heavy atom. The van der Waals surface area contributed by atoms with Crippen LogP contribution in [-0.2, 0) is 16.0 Å². The Kier molecular flexibility index (Phi) is 6.02. The van der Waals surface area contributed by atoms with Gasteiger partial charge in [0, 0.05) is 0 Å². The van der Waals surface area contributed by atoms with Crippen molar-refractivity contribution >= 4 is 0 Å². The molecule has 0 aromatic carbocycles. The van der Waals surface area contributed by atoms with Gasteiger partial charge in [0.25, 0.3) is 0 Å². The summed E-state index contributed by atoms with van der Waals surface area (Å²) < 4.78 is 0. The molecule has 0 fully saturated rings. The zero-order chi connectivity index (χ0) is 10.6. The van der Waals surface area contributed by atoms with Crippen LogP contribution in [0.2, 0.25) is 0 Å². The molecule has 1 unspecified atom stereocenters. The zero-order valence-electron chi connectivity index (χ0n) is 6.58. The predicted octanol–water partition coefficient (Wildman–Crippen LogP) is -3.71. The summed E-state index contributed by atoms with van der Waals surface area (Å²) >= 11 is 4.36. The summed E-state index contributed by atoms with van der Waals surface area (Å²) in [6, 6.07) is 0. The van der Waals surface area contributed by atoms with E-state index in [4.69, 9.17) is 30.6 Å². The topological polar surface area (TPSA) is 121 Å². The van der Waals surface area contributed by atoms with E-state index >= 15 is 0 Å². The van der Waals surface area contributed by atoms with E-state index < -0.39 is 36.0 Å². The maximum absolute atomic E-state index is 9.06. The molecule has 0 radical (unpaired) electrons. The van der Waals surface area contributed by atoms with E-state index in [1.165, 1.54) is 0 Å². The molecule has 0 aromatic rings. The van der Waals surface area contributed by atoms with Crippen LogP contribution in [0.1, 0.15) is 0 Å². The monoisotopic (exact) mass is 244 g/mol. The van der Waals surface area contributed by atoms with Crippen molar-refractivity contribution in [3.8, 4) is 0 Å². The Bertz CT molecular complexity index is 143. The van der Waals surface area contributed by atoms with Gasteiger partial charge in [-0.25, -0.2) is 0 Å². The summed E-state index contributed by atoms with van der Waals surface area (Å²) in [5.41, 5.74) is 0. The van der Waals surface area contributed by atoms with E-state index in [9.17, 15) is 0 Å². The average Bonchev–Trinajstić information content (AvgIpc) is 2.12. The van der Waals surface area contributed by atoms with Crippen LogP contribution in [0.5, 0.6) is 0 Å². The van der Waals surface area contributed by atoms with Crippen LogP contribution in [0.3, 0.4) is 0 Å². The minimum atomic E-state index is -1.80. The Hall–Kier alpha value is 0.279. The molecule has 7 heteroatoms. The fourth-order valence-electron chi connectivity index (χ4n) is 0.685. The van der Waals surface area contributed by atoms with Gasteiger partial charge in [0.2, 0.25) is 0 Å². The van der Waals surface area contributed by atoms with Gasteiger partial charge in [-0.05, 0) is 0 Å². The zero-order valence-corrected chi connectivity index (χ0v) is 7.52. The third kappa shape index (κ3) is 3.88. The van der Waals surface area contributed by atoms with E-state index in [0.717, 1.165) is 0 Å². The summed E-state index contributed by atoms with van der Waals surface area (Å²) in [5, 5.41) is 51.2. The first-order valence-electron chi connectivity index (χ1n) is 3.52. The van der Waals surface area contributed by atoms with Crippen molar-refractivity contribution in [2.45, 2.75) is 29.4 Å². The van der Waals surface area contributed by atoms with Gasteiger partial charge < -0.3 is 0 Å². The van der Waals surface area contributed by atoms with Crippen LogP contribution in [-0.4, -0.2) is 66.7 Å². The first kappa shape index (κ1) is 13.3. The Morgan fingerprint density at radius 3 is 1.62 bits per heavy atom. The summed E-state index contributed by atoms with van der Waals surface area (Å²) in [6.45, 7) is -0.767. The Morgan fingerprint density at radius 1 is 0.846 bits per heavy atom. The first-order chi connectivity index (χ1) is 5.91. The van der Waals surface area contributed by atoms with Gasteiger partial charge in [0.1, 0.15) is 0 Å². The van der Waals surface area contributed by atoms with Crippen LogP contribution in [0, 0.1) is 0 Å². The number of hydrogen-bond acceptors (Lipinski definition) is 6. The fraction of sp³-hybridized carbons (Fsp3) is 1.00. The number of aliphatic hydroxyl groups is 6. The Balaban J connectivity index is 4.15. The quantitative estimate of drug-likeness (QED) is 0.277. The summed E-state index contributed by atoms with van der Waals surface area (Å²) in [6.07, 6.45) is -6.90. The maximum atomic E-state index is 9.06. The van der Waals surface area contributed by atoms with Crippen molar-refractivity contribution in [2.75, 3.05) is 6.61 Å². The van der Waals surface area contributed by atoms with Gasteiger partial charge in [0.05, 0.1) is 0 Å². The molecule has 5 atom stereocenters. The van der Waals surface area contributed by atoms with E-state index in [1.54, 1.807) is 0 Å². The molecule has 0 aliphatic rings. The standard InChI is InChI=1S/C6H13O6.Cu/c7-1-3(9)5(11)6(12)4(10)2-8;/h1,3-12H,2H2;/t3-,4+,5+,6+;/m0./s1. The van der Waals surface area contributed by atoms with Gasteiger partial charge >= 0.3 is 82.7 Å². The predicted molar refractivity (Wildman–Crippen MR) is 37.1 cm³/mol. The van der Waals surface area contributed by atoms with E-state index in [0.29, 0.717) is 0 Å². The number of aliphatic hydroxyl groups excluding tert-OH is 6. The second-order valence-electron chi connectivity index (χ2n) is 2.55. The van der Waals surface area contributed by atoms with Crippen LogP contribution < -0.4 is 0 Å². The van der Waals surface area contributed by atoms with Crippen molar-refractivity contribution in [2.24, 2.45) is 0 Å². The summed E-state index contributed by atoms with van der Waals surface area (Å²) in [4.78, 5) is 0. The van der Waals surface area contributed by atoms with E-state index in [-0.39, 0.29) is 0 Å². The average molecular weight is 245 g/mol. The van der Waals surface area contributed by atoms with E-state index in [1.807, 2.05) is 0 Å². The van der Waals surface area contributed by atoms with Crippen molar-refractivity contribution < 1.29 is 46.7 Å². The van der Waals surface area contributed by atoms with E-state index in [2.05, 4.69) is 16.0 Å². The molecule has 0 amide bonds. The third-order valence-electron chi connectivity index (χ3n) is 1.54. The van der Waals surface area contributed by atoms with Gasteiger partial charge in [0.15, 0.2) is 0 Å². The van der Waals surface area contributed by atoms with Crippen LogP contribution >= 0.6 is 0 Å². The second-order valence-corrected chi connectivity index (χ2v) is 3.11. The van der Waals surface area contributed by atoms with Crippen LogP contribution in [0.15, 0.2) is 0 Å². The molecule has 0 spiro atoms. The van der Waals surface area contributed by atoms with Gasteiger partial charge in [-0.15, -0.1) is 0 Å². The molecule has 0 aliphatic heterocycles. The number of rotatable bonds is 5. The van der Waals surface area contributed by atoms with Crippen molar-refractivity contribution in [1.82, 2.24) is 0 Å². The molecule has 6 N–H and O–H groups in total. The van der Waals surface area contributed by atoms with Gasteiger partial charge in [-0.1, -0.05) is 0 Å². The number of hydrogen-bond donors (Lipinski definition) is 6. The molecule has 84 valence electrons. The summed E-state index contributed by atoms with van der Waals surface area (Å²) in [7, 11) is 0. The first-order valence-corrected chi connectivity index (χ1v) is 4.07. The summed E-state index contributed by atoms with van der Waals surface area (Å²) in [5.74, 6) is 0.